The summed E-state index contributed by atoms with van der Waals surface area (Å²) >= 11 is 0. The van der Waals surface area contributed by atoms with Gasteiger partial charge in [0, 0.05) is 45.5 Å². The topological polar surface area (TPSA) is 67.5 Å². The lowest BCUT2D eigenvalue weighted by Gasteiger charge is -2.25. The number of aryl methyl sites for hydroxylation is 1. The van der Waals surface area contributed by atoms with Crippen molar-refractivity contribution < 1.29 is 5.11 Å². The van der Waals surface area contributed by atoms with Crippen LogP contribution in [0.2, 0.25) is 0 Å². The van der Waals surface area contributed by atoms with Crippen molar-refractivity contribution in [2.45, 2.75) is 32.5 Å². The first-order chi connectivity index (χ1) is 11.4. The number of nitrogens with zero attached hydrogens (tertiary/aromatic N) is 3. The summed E-state index contributed by atoms with van der Waals surface area (Å²) in [6, 6.07) is 9.93. The molecule has 6 heteroatoms. The van der Waals surface area contributed by atoms with Crippen molar-refractivity contribution >= 4 is 0 Å². The van der Waals surface area contributed by atoms with Gasteiger partial charge in [-0.3, -0.25) is 14.3 Å². The highest BCUT2D eigenvalue weighted by Gasteiger charge is 2.15. The Morgan fingerprint density at radius 2 is 1.79 bits per heavy atom. The van der Waals surface area contributed by atoms with Crippen molar-refractivity contribution in [2.75, 3.05) is 6.54 Å². The molecular weight excluding hydrogens is 306 g/mol. The molecule has 0 spiro atoms. The molecule has 6 nitrogen and oxygen atoms in total. The van der Waals surface area contributed by atoms with Crippen molar-refractivity contribution in [3.05, 3.63) is 68.5 Å². The third-order valence-electron chi connectivity index (χ3n) is 4.10. The molecule has 1 aromatic carbocycles. The van der Waals surface area contributed by atoms with Crippen LogP contribution in [0.3, 0.4) is 0 Å². The molecule has 1 aromatic heterocycles. The van der Waals surface area contributed by atoms with E-state index in [-0.39, 0.29) is 11.2 Å². The maximum Gasteiger partial charge on any atom is 0.330 e. The third-order valence-corrected chi connectivity index (χ3v) is 4.10. The van der Waals surface area contributed by atoms with Crippen molar-refractivity contribution in [1.82, 2.24) is 14.0 Å². The number of aromatic nitrogens is 2. The van der Waals surface area contributed by atoms with Gasteiger partial charge in [0.1, 0.15) is 0 Å². The fraction of sp³-hybridized carbons (Fsp3) is 0.444. The van der Waals surface area contributed by atoms with Crippen LogP contribution in [0.4, 0.5) is 0 Å². The van der Waals surface area contributed by atoms with Gasteiger partial charge in [-0.25, -0.2) is 4.79 Å². The lowest BCUT2D eigenvalue weighted by Crippen LogP contribution is -2.41. The van der Waals surface area contributed by atoms with Crippen LogP contribution in [-0.2, 0) is 27.2 Å². The molecular formula is C18H25N3O3. The van der Waals surface area contributed by atoms with E-state index in [1.54, 1.807) is 13.2 Å². The van der Waals surface area contributed by atoms with Gasteiger partial charge in [-0.1, -0.05) is 37.3 Å². The molecule has 0 saturated carbocycles. The molecule has 0 bridgehead atoms. The normalized spacial score (nSPS) is 12.5. The molecule has 1 unspecified atom stereocenters. The highest BCUT2D eigenvalue weighted by molar-refractivity contribution is 5.15. The Labute approximate surface area is 141 Å². The lowest BCUT2D eigenvalue weighted by atomic mass is 10.1. The maximum absolute atomic E-state index is 12.3. The molecule has 1 atom stereocenters. The Morgan fingerprint density at radius 1 is 1.12 bits per heavy atom. The summed E-state index contributed by atoms with van der Waals surface area (Å²) in [5, 5.41) is 10.0. The molecule has 2 rings (SSSR count). The predicted octanol–water partition coefficient (Wildman–Crippen LogP) is 0.857. The van der Waals surface area contributed by atoms with E-state index < -0.39 is 6.10 Å². The largest absolute Gasteiger partial charge is 0.392 e. The Balaban J connectivity index is 2.28. The van der Waals surface area contributed by atoms with Crippen LogP contribution in [0.5, 0.6) is 0 Å². The number of aliphatic hydroxyl groups excluding tert-OH is 1. The van der Waals surface area contributed by atoms with Gasteiger partial charge in [0.2, 0.25) is 0 Å². The van der Waals surface area contributed by atoms with Gasteiger partial charge >= 0.3 is 5.69 Å². The minimum absolute atomic E-state index is 0.290. The van der Waals surface area contributed by atoms with Gasteiger partial charge in [-0.05, 0) is 12.0 Å². The summed E-state index contributed by atoms with van der Waals surface area (Å²) in [4.78, 5) is 26.2. The molecule has 0 fully saturated rings. The second-order valence-electron chi connectivity index (χ2n) is 6.13. The second kappa shape index (κ2) is 8.08. The van der Waals surface area contributed by atoms with Crippen molar-refractivity contribution in [3.63, 3.8) is 0 Å². The summed E-state index contributed by atoms with van der Waals surface area (Å²) < 4.78 is 2.53. The fourth-order valence-electron chi connectivity index (χ4n) is 2.69. The number of rotatable bonds is 7. The minimum atomic E-state index is -0.454. The molecule has 2 aromatic rings. The van der Waals surface area contributed by atoms with E-state index in [1.807, 2.05) is 42.2 Å². The van der Waals surface area contributed by atoms with Crippen LogP contribution in [-0.4, -0.2) is 31.8 Å². The molecule has 1 N–H and O–H groups in total. The molecule has 1 heterocycles. The van der Waals surface area contributed by atoms with Gasteiger partial charge in [0.05, 0.1) is 6.10 Å². The first-order valence-electron chi connectivity index (χ1n) is 8.12. The van der Waals surface area contributed by atoms with E-state index in [0.29, 0.717) is 31.6 Å². The predicted molar refractivity (Wildman–Crippen MR) is 93.8 cm³/mol. The number of hydrogen-bond acceptors (Lipinski definition) is 4. The highest BCUT2D eigenvalue weighted by Crippen LogP contribution is 2.09. The molecule has 0 amide bonds. The number of hydrogen-bond donors (Lipinski definition) is 1. The first kappa shape index (κ1) is 18.2. The van der Waals surface area contributed by atoms with Crippen LogP contribution in [0.15, 0.2) is 46.1 Å². The standard InChI is InChI=1S/C18H25N3O3/c1-4-16(22)13-21(10-14-8-6-5-7-9-14)12-15-11-19(2)18(24)20(3)17(15)23/h5-9,11,16,22H,4,10,12-13H2,1-3H3. The molecule has 0 aliphatic rings. The smallest absolute Gasteiger partial charge is 0.330 e. The Morgan fingerprint density at radius 3 is 2.42 bits per heavy atom. The molecule has 0 aliphatic heterocycles. The third kappa shape index (κ3) is 4.43. The molecule has 130 valence electrons. The summed E-state index contributed by atoms with van der Waals surface area (Å²) in [7, 11) is 3.12. The maximum atomic E-state index is 12.3. The van der Waals surface area contributed by atoms with Gasteiger partial charge in [0.15, 0.2) is 0 Å². The SMILES string of the molecule is CCC(O)CN(Cc1ccccc1)Cc1cn(C)c(=O)n(C)c1=O. The van der Waals surface area contributed by atoms with Crippen LogP contribution in [0.25, 0.3) is 0 Å². The van der Waals surface area contributed by atoms with Crippen molar-refractivity contribution in [2.24, 2.45) is 14.1 Å². The minimum Gasteiger partial charge on any atom is -0.392 e. The Kier molecular flexibility index (Phi) is 6.11. The number of aliphatic hydroxyl groups is 1. The van der Waals surface area contributed by atoms with Crippen molar-refractivity contribution in [3.8, 4) is 0 Å². The Bertz CT molecular complexity index is 780. The lowest BCUT2D eigenvalue weighted by molar-refractivity contribution is 0.101. The first-order valence-corrected chi connectivity index (χ1v) is 8.12. The molecule has 0 radical (unpaired) electrons. The average molecular weight is 331 g/mol. The molecule has 0 aliphatic carbocycles. The zero-order chi connectivity index (χ0) is 17.7. The van der Waals surface area contributed by atoms with Crippen molar-refractivity contribution in [1.29, 1.82) is 0 Å². The summed E-state index contributed by atoms with van der Waals surface area (Å²) in [6.07, 6.45) is 1.78. The summed E-state index contributed by atoms with van der Waals surface area (Å²) in [5.74, 6) is 0. The number of benzene rings is 1. The van der Waals surface area contributed by atoms with Gasteiger partial charge in [-0.15, -0.1) is 0 Å². The van der Waals surface area contributed by atoms with Gasteiger partial charge in [0.25, 0.3) is 5.56 Å². The van der Waals surface area contributed by atoms with Crippen LogP contribution in [0.1, 0.15) is 24.5 Å². The van der Waals surface area contributed by atoms with Crippen LogP contribution in [0, 0.1) is 0 Å². The van der Waals surface area contributed by atoms with E-state index in [1.165, 1.54) is 11.6 Å². The zero-order valence-electron chi connectivity index (χ0n) is 14.5. The van der Waals surface area contributed by atoms with E-state index >= 15 is 0 Å². The Hall–Kier alpha value is -2.18. The van der Waals surface area contributed by atoms with E-state index in [4.69, 9.17) is 0 Å². The molecule has 0 saturated heterocycles. The second-order valence-corrected chi connectivity index (χ2v) is 6.13. The van der Waals surface area contributed by atoms with E-state index in [2.05, 4.69) is 0 Å². The summed E-state index contributed by atoms with van der Waals surface area (Å²) in [6.45, 7) is 3.41. The van der Waals surface area contributed by atoms with Gasteiger partial charge in [-0.2, -0.15) is 0 Å². The summed E-state index contributed by atoms with van der Waals surface area (Å²) in [5.41, 5.74) is 1.02. The zero-order valence-corrected chi connectivity index (χ0v) is 14.5. The quantitative estimate of drug-likeness (QED) is 0.817. The van der Waals surface area contributed by atoms with Gasteiger partial charge < -0.3 is 9.67 Å². The fourth-order valence-corrected chi connectivity index (χ4v) is 2.69. The average Bonchev–Trinajstić information content (AvgIpc) is 2.58. The molecule has 24 heavy (non-hydrogen) atoms. The van der Waals surface area contributed by atoms with E-state index in [0.717, 1.165) is 10.1 Å². The highest BCUT2D eigenvalue weighted by atomic mass is 16.3. The van der Waals surface area contributed by atoms with Crippen LogP contribution >= 0.6 is 0 Å². The van der Waals surface area contributed by atoms with E-state index in [9.17, 15) is 14.7 Å². The monoisotopic (exact) mass is 331 g/mol. The van der Waals surface area contributed by atoms with Crippen LogP contribution < -0.4 is 11.2 Å².